The van der Waals surface area contributed by atoms with Crippen molar-refractivity contribution in [3.8, 4) is 11.3 Å². The molecule has 5 rings (SSSR count). The second-order valence-corrected chi connectivity index (χ2v) is 7.19. The van der Waals surface area contributed by atoms with Crippen molar-refractivity contribution < 1.29 is 4.52 Å². The van der Waals surface area contributed by atoms with Crippen LogP contribution >= 0.6 is 0 Å². The Bertz CT molecular complexity index is 1100. The Kier molecular flexibility index (Phi) is 3.98. The van der Waals surface area contributed by atoms with E-state index in [0.717, 1.165) is 48.6 Å². The van der Waals surface area contributed by atoms with E-state index in [9.17, 15) is 0 Å². The maximum Gasteiger partial charge on any atom is 0.143 e. The standard InChI is InChI=1S/C23H21N3O/c1-16-9-10-21-18(8-5-12-24-21)19(16)14-26-13-11-22-20(15-26)23(25-27-22)17-6-3-2-4-7-17/h2-10,12H,11,13-15H2,1H3. The molecule has 0 unspecified atom stereocenters. The summed E-state index contributed by atoms with van der Waals surface area (Å²) in [4.78, 5) is 7.00. The number of aryl methyl sites for hydroxylation is 1. The number of aromatic nitrogens is 2. The van der Waals surface area contributed by atoms with Gasteiger partial charge in [-0.3, -0.25) is 9.88 Å². The normalized spacial score (nSPS) is 14.4. The molecule has 0 aliphatic carbocycles. The van der Waals surface area contributed by atoms with Crippen molar-refractivity contribution in [3.63, 3.8) is 0 Å². The number of pyridine rings is 1. The van der Waals surface area contributed by atoms with Gasteiger partial charge in [-0.25, -0.2) is 0 Å². The fraction of sp³-hybridized carbons (Fsp3) is 0.217. The molecule has 0 saturated heterocycles. The smallest absolute Gasteiger partial charge is 0.143 e. The van der Waals surface area contributed by atoms with Crippen LogP contribution in [-0.4, -0.2) is 21.6 Å². The molecule has 4 aromatic rings. The largest absolute Gasteiger partial charge is 0.360 e. The molecule has 0 fully saturated rings. The lowest BCUT2D eigenvalue weighted by molar-refractivity contribution is 0.229. The Morgan fingerprint density at radius 2 is 1.93 bits per heavy atom. The van der Waals surface area contributed by atoms with Crippen LogP contribution in [-0.2, 0) is 19.5 Å². The third-order valence-corrected chi connectivity index (χ3v) is 5.47. The molecule has 0 radical (unpaired) electrons. The Morgan fingerprint density at radius 1 is 1.04 bits per heavy atom. The molecule has 1 aliphatic heterocycles. The quantitative estimate of drug-likeness (QED) is 0.531. The highest BCUT2D eigenvalue weighted by Gasteiger charge is 2.25. The summed E-state index contributed by atoms with van der Waals surface area (Å²) in [5, 5.41) is 5.61. The maximum absolute atomic E-state index is 5.65. The second-order valence-electron chi connectivity index (χ2n) is 7.19. The van der Waals surface area contributed by atoms with Crippen molar-refractivity contribution in [2.45, 2.75) is 26.4 Å². The van der Waals surface area contributed by atoms with Crippen molar-refractivity contribution in [1.82, 2.24) is 15.0 Å². The summed E-state index contributed by atoms with van der Waals surface area (Å²) in [5.74, 6) is 1.03. The third kappa shape index (κ3) is 2.92. The lowest BCUT2D eigenvalue weighted by Gasteiger charge is -2.27. The minimum atomic E-state index is 0.860. The molecule has 0 amide bonds. The molecule has 2 aromatic heterocycles. The van der Waals surface area contributed by atoms with Gasteiger partial charge < -0.3 is 4.52 Å². The van der Waals surface area contributed by atoms with Gasteiger partial charge in [0.1, 0.15) is 11.5 Å². The first-order valence-corrected chi connectivity index (χ1v) is 9.38. The fourth-order valence-electron chi connectivity index (χ4n) is 3.98. The van der Waals surface area contributed by atoms with E-state index in [1.807, 2.05) is 30.5 Å². The van der Waals surface area contributed by atoms with E-state index in [1.165, 1.54) is 22.1 Å². The van der Waals surface area contributed by atoms with Gasteiger partial charge in [0, 0.05) is 48.8 Å². The van der Waals surface area contributed by atoms with Gasteiger partial charge in [0.05, 0.1) is 5.52 Å². The minimum absolute atomic E-state index is 0.860. The van der Waals surface area contributed by atoms with Gasteiger partial charge in [-0.1, -0.05) is 47.6 Å². The number of rotatable bonds is 3. The minimum Gasteiger partial charge on any atom is -0.360 e. The van der Waals surface area contributed by atoms with Gasteiger partial charge in [-0.2, -0.15) is 0 Å². The highest BCUT2D eigenvalue weighted by atomic mass is 16.5. The molecule has 27 heavy (non-hydrogen) atoms. The number of fused-ring (bicyclic) bond motifs is 2. The van der Waals surface area contributed by atoms with E-state index >= 15 is 0 Å². The van der Waals surface area contributed by atoms with Crippen molar-refractivity contribution >= 4 is 10.9 Å². The van der Waals surface area contributed by atoms with E-state index in [0.29, 0.717) is 0 Å². The first-order chi connectivity index (χ1) is 13.3. The zero-order chi connectivity index (χ0) is 18.2. The van der Waals surface area contributed by atoms with E-state index in [4.69, 9.17) is 4.52 Å². The Balaban J connectivity index is 1.47. The molecule has 1 aliphatic rings. The molecule has 0 N–H and O–H groups in total. The highest BCUT2D eigenvalue weighted by molar-refractivity contribution is 5.83. The zero-order valence-electron chi connectivity index (χ0n) is 15.4. The second kappa shape index (κ2) is 6.63. The molecule has 4 nitrogen and oxygen atoms in total. The molecule has 0 saturated carbocycles. The summed E-state index contributed by atoms with van der Waals surface area (Å²) < 4.78 is 5.65. The van der Waals surface area contributed by atoms with Crippen LogP contribution in [0.1, 0.15) is 22.5 Å². The summed E-state index contributed by atoms with van der Waals surface area (Å²) >= 11 is 0. The number of benzene rings is 2. The molecule has 134 valence electrons. The molecule has 3 heterocycles. The van der Waals surface area contributed by atoms with Crippen LogP contribution in [0, 0.1) is 6.92 Å². The van der Waals surface area contributed by atoms with Crippen LogP contribution in [0.4, 0.5) is 0 Å². The van der Waals surface area contributed by atoms with E-state index in [-0.39, 0.29) is 0 Å². The summed E-state index contributed by atoms with van der Waals surface area (Å²) in [6, 6.07) is 18.8. The van der Waals surface area contributed by atoms with Crippen molar-refractivity contribution in [3.05, 3.63) is 83.2 Å². The zero-order valence-corrected chi connectivity index (χ0v) is 15.4. The van der Waals surface area contributed by atoms with Crippen LogP contribution < -0.4 is 0 Å². The molecule has 2 aromatic carbocycles. The van der Waals surface area contributed by atoms with Crippen molar-refractivity contribution in [2.24, 2.45) is 0 Å². The van der Waals surface area contributed by atoms with Crippen LogP contribution in [0.5, 0.6) is 0 Å². The van der Waals surface area contributed by atoms with Crippen LogP contribution in [0.15, 0.2) is 65.3 Å². The van der Waals surface area contributed by atoms with Crippen LogP contribution in [0.2, 0.25) is 0 Å². The van der Waals surface area contributed by atoms with Gasteiger partial charge in [0.15, 0.2) is 0 Å². The number of hydrogen-bond donors (Lipinski definition) is 0. The van der Waals surface area contributed by atoms with Gasteiger partial charge in [0.25, 0.3) is 0 Å². The SMILES string of the molecule is Cc1ccc2ncccc2c1CN1CCc2onc(-c3ccccc3)c2C1. The van der Waals surface area contributed by atoms with Crippen molar-refractivity contribution in [2.75, 3.05) is 6.54 Å². The molecule has 0 bridgehead atoms. The summed E-state index contributed by atoms with van der Waals surface area (Å²) in [6.07, 6.45) is 2.76. The van der Waals surface area contributed by atoms with Crippen molar-refractivity contribution in [1.29, 1.82) is 0 Å². The molecular formula is C23H21N3O. The summed E-state index contributed by atoms with van der Waals surface area (Å²) in [5.41, 5.74) is 7.06. The Morgan fingerprint density at radius 3 is 2.81 bits per heavy atom. The fourth-order valence-corrected chi connectivity index (χ4v) is 3.98. The van der Waals surface area contributed by atoms with Gasteiger partial charge in [0.2, 0.25) is 0 Å². The predicted molar refractivity (Wildman–Crippen MR) is 106 cm³/mol. The first-order valence-electron chi connectivity index (χ1n) is 9.38. The maximum atomic E-state index is 5.65. The van der Waals surface area contributed by atoms with Gasteiger partial charge in [-0.15, -0.1) is 0 Å². The first kappa shape index (κ1) is 16.2. The van der Waals surface area contributed by atoms with Crippen LogP contribution in [0.3, 0.4) is 0 Å². The average Bonchev–Trinajstić information content (AvgIpc) is 3.14. The molecule has 4 heteroatoms. The summed E-state index contributed by atoms with van der Waals surface area (Å²) in [6.45, 7) is 4.94. The van der Waals surface area contributed by atoms with Gasteiger partial charge >= 0.3 is 0 Å². The Hall–Kier alpha value is -2.98. The lowest BCUT2D eigenvalue weighted by Crippen LogP contribution is -2.30. The van der Waals surface area contributed by atoms with E-state index in [2.05, 4.69) is 52.3 Å². The van der Waals surface area contributed by atoms with Gasteiger partial charge in [-0.05, 0) is 30.2 Å². The lowest BCUT2D eigenvalue weighted by atomic mass is 9.98. The number of hydrogen-bond acceptors (Lipinski definition) is 4. The third-order valence-electron chi connectivity index (χ3n) is 5.47. The topological polar surface area (TPSA) is 42.2 Å². The van der Waals surface area contributed by atoms with Crippen LogP contribution in [0.25, 0.3) is 22.2 Å². The highest BCUT2D eigenvalue weighted by Crippen LogP contribution is 2.31. The average molecular weight is 355 g/mol. The summed E-state index contributed by atoms with van der Waals surface area (Å²) in [7, 11) is 0. The molecular weight excluding hydrogens is 334 g/mol. The van der Waals surface area contributed by atoms with E-state index < -0.39 is 0 Å². The molecule has 0 atom stereocenters. The Labute approximate surface area is 158 Å². The predicted octanol–water partition coefficient (Wildman–Crippen LogP) is 4.76. The monoisotopic (exact) mass is 355 g/mol. The molecule has 0 spiro atoms. The number of nitrogens with zero attached hydrogens (tertiary/aromatic N) is 3. The van der Waals surface area contributed by atoms with E-state index in [1.54, 1.807) is 0 Å².